The number of fused-ring (bicyclic) bond motifs is 1. The molecule has 1 amide bonds. The number of amides is 1. The van der Waals surface area contributed by atoms with Gasteiger partial charge in [0.1, 0.15) is 11.5 Å². The maximum atomic E-state index is 12.5. The van der Waals surface area contributed by atoms with E-state index in [1.54, 1.807) is 0 Å². The molecule has 8 heteroatoms. The van der Waals surface area contributed by atoms with Crippen LogP contribution in [-0.4, -0.2) is 26.5 Å². The van der Waals surface area contributed by atoms with Gasteiger partial charge >= 0.3 is 6.18 Å². The molecule has 0 aliphatic carbocycles. The van der Waals surface area contributed by atoms with Crippen molar-refractivity contribution in [1.82, 2.24) is 19.9 Å². The number of carbonyl (C=O) groups excluding carboxylic acids is 1. The van der Waals surface area contributed by atoms with Crippen LogP contribution in [0.15, 0.2) is 24.5 Å². The predicted octanol–water partition coefficient (Wildman–Crippen LogP) is 2.35. The van der Waals surface area contributed by atoms with Gasteiger partial charge in [0.2, 0.25) is 0 Å². The first-order valence-corrected chi connectivity index (χ1v) is 7.19. The minimum Gasteiger partial charge on any atom is -0.346 e. The number of nitrogens with one attached hydrogen (secondary N) is 1. The summed E-state index contributed by atoms with van der Waals surface area (Å²) in [5.41, 5.74) is 0.0345. The number of aromatic nitrogens is 3. The number of aryl methyl sites for hydroxylation is 2. The standard InChI is InChI=1S/C15H15F3N4O/c1-9-7-22-8-11(3-5-13(22)20-9)21-14(23)12-4-2-10(6-19-12)15(16,17)18/h2,4,6-7,11H,3,5,8H2,1H3,(H,21,23). The molecule has 2 aromatic rings. The van der Waals surface area contributed by atoms with E-state index in [0.717, 1.165) is 36.5 Å². The van der Waals surface area contributed by atoms with Gasteiger partial charge < -0.3 is 9.88 Å². The zero-order valence-corrected chi connectivity index (χ0v) is 12.4. The second-order valence-corrected chi connectivity index (χ2v) is 5.59. The van der Waals surface area contributed by atoms with Gasteiger partial charge in [0.05, 0.1) is 11.3 Å². The lowest BCUT2D eigenvalue weighted by atomic mass is 10.1. The lowest BCUT2D eigenvalue weighted by molar-refractivity contribution is -0.137. The van der Waals surface area contributed by atoms with Crippen LogP contribution in [0.5, 0.6) is 0 Å². The summed E-state index contributed by atoms with van der Waals surface area (Å²) in [6.45, 7) is 2.51. The number of pyridine rings is 1. The number of rotatable bonds is 2. The van der Waals surface area contributed by atoms with E-state index < -0.39 is 17.6 Å². The Morgan fingerprint density at radius 1 is 1.39 bits per heavy atom. The average molecular weight is 324 g/mol. The van der Waals surface area contributed by atoms with Gasteiger partial charge in [-0.15, -0.1) is 0 Å². The fraction of sp³-hybridized carbons (Fsp3) is 0.400. The van der Waals surface area contributed by atoms with E-state index in [0.29, 0.717) is 12.7 Å². The first-order chi connectivity index (χ1) is 10.8. The number of nitrogens with zero attached hydrogens (tertiary/aromatic N) is 3. The molecule has 1 atom stereocenters. The minimum atomic E-state index is -4.46. The third-order valence-electron chi connectivity index (χ3n) is 3.77. The van der Waals surface area contributed by atoms with E-state index >= 15 is 0 Å². The summed E-state index contributed by atoms with van der Waals surface area (Å²) in [6, 6.07) is 1.86. The van der Waals surface area contributed by atoms with Crippen LogP contribution in [-0.2, 0) is 19.1 Å². The van der Waals surface area contributed by atoms with Crippen molar-refractivity contribution in [2.24, 2.45) is 0 Å². The third-order valence-corrected chi connectivity index (χ3v) is 3.77. The van der Waals surface area contributed by atoms with Crippen molar-refractivity contribution in [3.63, 3.8) is 0 Å². The van der Waals surface area contributed by atoms with Gasteiger partial charge in [0.15, 0.2) is 0 Å². The Labute approximate surface area is 130 Å². The van der Waals surface area contributed by atoms with E-state index in [1.807, 2.05) is 17.7 Å². The number of alkyl halides is 3. The van der Waals surface area contributed by atoms with Crippen LogP contribution in [0.1, 0.15) is 34.0 Å². The highest BCUT2D eigenvalue weighted by atomic mass is 19.4. The molecule has 3 rings (SSSR count). The molecule has 0 saturated heterocycles. The van der Waals surface area contributed by atoms with Crippen molar-refractivity contribution in [3.05, 3.63) is 47.3 Å². The molecule has 0 spiro atoms. The molecule has 1 aliphatic rings. The van der Waals surface area contributed by atoms with Crippen molar-refractivity contribution >= 4 is 5.91 Å². The molecule has 0 aromatic carbocycles. The summed E-state index contributed by atoms with van der Waals surface area (Å²) in [6.07, 6.45) is -0.375. The van der Waals surface area contributed by atoms with Gasteiger partial charge in [0.25, 0.3) is 5.91 Å². The van der Waals surface area contributed by atoms with Gasteiger partial charge in [-0.25, -0.2) is 4.98 Å². The summed E-state index contributed by atoms with van der Waals surface area (Å²) in [4.78, 5) is 20.1. The molecule has 5 nitrogen and oxygen atoms in total. The number of halogens is 3. The maximum absolute atomic E-state index is 12.5. The van der Waals surface area contributed by atoms with Gasteiger partial charge in [-0.1, -0.05) is 0 Å². The molecular formula is C15H15F3N4O. The number of hydrogen-bond donors (Lipinski definition) is 1. The molecule has 23 heavy (non-hydrogen) atoms. The third kappa shape index (κ3) is 3.35. The summed E-state index contributed by atoms with van der Waals surface area (Å²) < 4.78 is 39.5. The van der Waals surface area contributed by atoms with Crippen molar-refractivity contribution < 1.29 is 18.0 Å². The van der Waals surface area contributed by atoms with Crippen LogP contribution in [0.2, 0.25) is 0 Å². The van der Waals surface area contributed by atoms with Gasteiger partial charge in [-0.2, -0.15) is 13.2 Å². The van der Waals surface area contributed by atoms with E-state index in [-0.39, 0.29) is 11.7 Å². The Hall–Kier alpha value is -2.38. The molecule has 1 aliphatic heterocycles. The van der Waals surface area contributed by atoms with Crippen molar-refractivity contribution in [2.45, 2.75) is 38.5 Å². The Balaban J connectivity index is 1.66. The summed E-state index contributed by atoms with van der Waals surface area (Å²) in [5, 5.41) is 2.81. The second-order valence-electron chi connectivity index (χ2n) is 5.59. The van der Waals surface area contributed by atoms with E-state index in [2.05, 4.69) is 15.3 Å². The zero-order valence-electron chi connectivity index (χ0n) is 12.4. The highest BCUT2D eigenvalue weighted by molar-refractivity contribution is 5.92. The van der Waals surface area contributed by atoms with E-state index in [1.165, 1.54) is 0 Å². The quantitative estimate of drug-likeness (QED) is 0.922. The Morgan fingerprint density at radius 3 is 2.83 bits per heavy atom. The van der Waals surface area contributed by atoms with Crippen LogP contribution in [0.25, 0.3) is 0 Å². The van der Waals surface area contributed by atoms with Crippen molar-refractivity contribution in [2.75, 3.05) is 0 Å². The van der Waals surface area contributed by atoms with Crippen molar-refractivity contribution in [1.29, 1.82) is 0 Å². The summed E-state index contributed by atoms with van der Waals surface area (Å²) in [7, 11) is 0. The summed E-state index contributed by atoms with van der Waals surface area (Å²) in [5.74, 6) is 0.518. The topological polar surface area (TPSA) is 59.8 Å². The Bertz CT molecular complexity index is 721. The molecule has 1 N–H and O–H groups in total. The number of carbonyl (C=O) groups is 1. The fourth-order valence-electron chi connectivity index (χ4n) is 2.66. The largest absolute Gasteiger partial charge is 0.417 e. The van der Waals surface area contributed by atoms with Gasteiger partial charge in [0, 0.05) is 31.4 Å². The molecule has 3 heterocycles. The molecular weight excluding hydrogens is 309 g/mol. The SMILES string of the molecule is Cc1cn2c(n1)CCC(NC(=O)c1ccc(C(F)(F)F)cn1)C2. The average Bonchev–Trinajstić information content (AvgIpc) is 2.86. The summed E-state index contributed by atoms with van der Waals surface area (Å²) >= 11 is 0. The lowest BCUT2D eigenvalue weighted by Crippen LogP contribution is -2.41. The minimum absolute atomic E-state index is 0.0226. The van der Waals surface area contributed by atoms with Crippen LogP contribution in [0, 0.1) is 6.92 Å². The zero-order chi connectivity index (χ0) is 16.6. The van der Waals surface area contributed by atoms with Gasteiger partial charge in [-0.05, 0) is 25.5 Å². The van der Waals surface area contributed by atoms with Crippen LogP contribution in [0.4, 0.5) is 13.2 Å². The molecule has 0 radical (unpaired) electrons. The maximum Gasteiger partial charge on any atom is 0.417 e. The second kappa shape index (κ2) is 5.68. The van der Waals surface area contributed by atoms with Crippen LogP contribution >= 0.6 is 0 Å². The highest BCUT2D eigenvalue weighted by Gasteiger charge is 2.31. The molecule has 0 fully saturated rings. The number of hydrogen-bond acceptors (Lipinski definition) is 3. The highest BCUT2D eigenvalue weighted by Crippen LogP contribution is 2.28. The van der Waals surface area contributed by atoms with Gasteiger partial charge in [-0.3, -0.25) is 9.78 Å². The first kappa shape index (κ1) is 15.5. The normalized spacial score (nSPS) is 17.7. The first-order valence-electron chi connectivity index (χ1n) is 7.19. The lowest BCUT2D eigenvalue weighted by Gasteiger charge is -2.24. The number of imidazole rings is 1. The Kier molecular flexibility index (Phi) is 3.83. The fourth-order valence-corrected chi connectivity index (χ4v) is 2.66. The monoisotopic (exact) mass is 324 g/mol. The molecule has 0 saturated carbocycles. The smallest absolute Gasteiger partial charge is 0.346 e. The molecule has 1 unspecified atom stereocenters. The van der Waals surface area contributed by atoms with Crippen LogP contribution in [0.3, 0.4) is 0 Å². The Morgan fingerprint density at radius 2 is 2.17 bits per heavy atom. The molecule has 2 aromatic heterocycles. The molecule has 122 valence electrons. The predicted molar refractivity (Wildman–Crippen MR) is 75.8 cm³/mol. The van der Waals surface area contributed by atoms with Crippen LogP contribution < -0.4 is 5.32 Å². The van der Waals surface area contributed by atoms with E-state index in [9.17, 15) is 18.0 Å². The van der Waals surface area contributed by atoms with E-state index in [4.69, 9.17) is 0 Å². The van der Waals surface area contributed by atoms with Crippen molar-refractivity contribution in [3.8, 4) is 0 Å². The molecule has 0 bridgehead atoms.